The SMILES string of the molecule is C[C@@H]1CC[C@@H](C(=O)Nc2cccc(OC(F)(F)F)c2)N1C(=O)Nc1cn(C(N)=O)c2ccccc12. The normalized spacial score (nSPS) is 17.9. The minimum Gasteiger partial charge on any atom is -0.406 e. The number of hydrogen-bond donors (Lipinski definition) is 3. The third-order valence-corrected chi connectivity index (χ3v) is 5.73. The second kappa shape index (κ2) is 9.20. The molecule has 35 heavy (non-hydrogen) atoms. The maximum atomic E-state index is 13.2. The Bertz CT molecular complexity index is 1290. The number of carbonyl (C=O) groups is 3. The summed E-state index contributed by atoms with van der Waals surface area (Å²) in [5.74, 6) is -1.02. The first-order valence-corrected chi connectivity index (χ1v) is 10.7. The first-order valence-electron chi connectivity index (χ1n) is 10.7. The zero-order chi connectivity index (χ0) is 25.3. The molecule has 0 unspecified atom stereocenters. The standard InChI is InChI=1S/C23H22F3N5O4/c1-13-9-10-19(20(32)28-14-5-4-6-15(11-14)35-23(24,25)26)31(13)22(34)29-17-12-30(21(27)33)18-8-3-2-7-16(17)18/h2-8,11-13,19H,9-10H2,1H3,(H2,27,33)(H,28,32)(H,29,34)/t13-,19+/m1/s1. The van der Waals surface area contributed by atoms with Gasteiger partial charge in [0.1, 0.15) is 11.8 Å². The van der Waals surface area contributed by atoms with Crippen LogP contribution in [0.25, 0.3) is 10.9 Å². The molecule has 1 aliphatic heterocycles. The number of nitrogens with one attached hydrogen (secondary N) is 2. The van der Waals surface area contributed by atoms with Crippen LogP contribution in [0, 0.1) is 0 Å². The number of fused-ring (bicyclic) bond motifs is 1. The maximum absolute atomic E-state index is 13.2. The minimum atomic E-state index is -4.87. The fraction of sp³-hybridized carbons (Fsp3) is 0.261. The number of carbonyl (C=O) groups excluding carboxylic acids is 3. The molecular formula is C23H22F3N5O4. The van der Waals surface area contributed by atoms with Crippen molar-refractivity contribution in [1.82, 2.24) is 9.47 Å². The van der Waals surface area contributed by atoms with Crippen LogP contribution in [0.4, 0.5) is 34.1 Å². The number of urea groups is 1. The number of likely N-dealkylation sites (tertiary alicyclic amines) is 1. The fourth-order valence-corrected chi connectivity index (χ4v) is 4.22. The molecule has 0 radical (unpaired) electrons. The third kappa shape index (κ3) is 5.15. The highest BCUT2D eigenvalue weighted by Crippen LogP contribution is 2.30. The van der Waals surface area contributed by atoms with Gasteiger partial charge in [0.25, 0.3) is 0 Å². The van der Waals surface area contributed by atoms with Gasteiger partial charge in [0, 0.05) is 29.4 Å². The van der Waals surface area contributed by atoms with E-state index in [0.29, 0.717) is 29.4 Å². The summed E-state index contributed by atoms with van der Waals surface area (Å²) in [6, 6.07) is 9.35. The van der Waals surface area contributed by atoms with Crippen LogP contribution in [0.15, 0.2) is 54.7 Å². The van der Waals surface area contributed by atoms with Gasteiger partial charge in [0.05, 0.1) is 11.2 Å². The van der Waals surface area contributed by atoms with Crippen LogP contribution < -0.4 is 21.1 Å². The summed E-state index contributed by atoms with van der Waals surface area (Å²) >= 11 is 0. The van der Waals surface area contributed by atoms with Gasteiger partial charge in [-0.15, -0.1) is 13.2 Å². The summed E-state index contributed by atoms with van der Waals surface area (Å²) in [5, 5.41) is 5.90. The lowest BCUT2D eigenvalue weighted by molar-refractivity contribution is -0.274. The van der Waals surface area contributed by atoms with E-state index >= 15 is 0 Å². The van der Waals surface area contributed by atoms with Crippen molar-refractivity contribution in [2.75, 3.05) is 10.6 Å². The highest BCUT2D eigenvalue weighted by Gasteiger charge is 2.39. The van der Waals surface area contributed by atoms with E-state index in [1.165, 1.54) is 27.8 Å². The van der Waals surface area contributed by atoms with Crippen molar-refractivity contribution in [3.05, 3.63) is 54.7 Å². The molecule has 1 aliphatic rings. The molecule has 0 spiro atoms. The predicted octanol–water partition coefficient (Wildman–Crippen LogP) is 4.49. The number of halogens is 3. The highest BCUT2D eigenvalue weighted by atomic mass is 19.4. The van der Waals surface area contributed by atoms with Gasteiger partial charge in [-0.05, 0) is 38.0 Å². The Morgan fingerprint density at radius 2 is 1.80 bits per heavy atom. The molecule has 2 heterocycles. The van der Waals surface area contributed by atoms with Crippen molar-refractivity contribution in [3.8, 4) is 5.75 Å². The maximum Gasteiger partial charge on any atom is 0.573 e. The number of para-hydroxylation sites is 1. The lowest BCUT2D eigenvalue weighted by atomic mass is 10.2. The molecule has 0 saturated carbocycles. The Kier molecular flexibility index (Phi) is 6.29. The van der Waals surface area contributed by atoms with Crippen molar-refractivity contribution in [2.45, 2.75) is 38.2 Å². The van der Waals surface area contributed by atoms with Crippen LogP contribution in [0.2, 0.25) is 0 Å². The number of hydrogen-bond acceptors (Lipinski definition) is 4. The van der Waals surface area contributed by atoms with Crippen molar-refractivity contribution in [3.63, 3.8) is 0 Å². The predicted molar refractivity (Wildman–Crippen MR) is 122 cm³/mol. The van der Waals surface area contributed by atoms with Crippen LogP contribution in [-0.4, -0.2) is 45.9 Å². The van der Waals surface area contributed by atoms with E-state index in [-0.39, 0.29) is 11.7 Å². The summed E-state index contributed by atoms with van der Waals surface area (Å²) in [4.78, 5) is 39.3. The summed E-state index contributed by atoms with van der Waals surface area (Å²) in [6.07, 6.45) is -2.54. The van der Waals surface area contributed by atoms with Crippen LogP contribution in [0.5, 0.6) is 5.75 Å². The molecule has 0 bridgehead atoms. The second-order valence-corrected chi connectivity index (χ2v) is 8.11. The van der Waals surface area contributed by atoms with E-state index in [0.717, 1.165) is 12.1 Å². The molecule has 9 nitrogen and oxygen atoms in total. The number of anilines is 2. The third-order valence-electron chi connectivity index (χ3n) is 5.73. The lowest BCUT2D eigenvalue weighted by Crippen LogP contribution is -2.48. The molecule has 1 saturated heterocycles. The zero-order valence-corrected chi connectivity index (χ0v) is 18.5. The molecule has 4 amide bonds. The number of aromatic nitrogens is 1. The molecule has 1 fully saturated rings. The Labute approximate surface area is 197 Å². The minimum absolute atomic E-state index is 0.0983. The van der Waals surface area contributed by atoms with Crippen molar-refractivity contribution < 1.29 is 32.3 Å². The highest BCUT2D eigenvalue weighted by molar-refractivity contribution is 6.06. The van der Waals surface area contributed by atoms with Crippen LogP contribution in [0.3, 0.4) is 0 Å². The van der Waals surface area contributed by atoms with Crippen LogP contribution >= 0.6 is 0 Å². The van der Waals surface area contributed by atoms with Crippen LogP contribution in [-0.2, 0) is 4.79 Å². The van der Waals surface area contributed by atoms with Gasteiger partial charge in [-0.25, -0.2) is 9.59 Å². The molecule has 2 atom stereocenters. The fourth-order valence-electron chi connectivity index (χ4n) is 4.22. The average Bonchev–Trinajstić information content (AvgIpc) is 3.34. The van der Waals surface area contributed by atoms with E-state index in [4.69, 9.17) is 5.73 Å². The number of amides is 4. The molecule has 2 aromatic carbocycles. The van der Waals surface area contributed by atoms with Gasteiger partial charge in [-0.2, -0.15) is 0 Å². The van der Waals surface area contributed by atoms with E-state index in [9.17, 15) is 27.6 Å². The number of nitrogens with zero attached hydrogens (tertiary/aromatic N) is 2. The van der Waals surface area contributed by atoms with Crippen molar-refractivity contribution in [1.29, 1.82) is 0 Å². The molecule has 12 heteroatoms. The summed E-state index contributed by atoms with van der Waals surface area (Å²) in [5.41, 5.74) is 6.38. The molecule has 3 aromatic rings. The van der Waals surface area contributed by atoms with Gasteiger partial charge >= 0.3 is 18.4 Å². The Hall–Kier alpha value is -4.22. The molecule has 184 valence electrons. The van der Waals surface area contributed by atoms with Crippen molar-refractivity contribution >= 4 is 40.2 Å². The lowest BCUT2D eigenvalue weighted by Gasteiger charge is -2.28. The smallest absolute Gasteiger partial charge is 0.406 e. The largest absolute Gasteiger partial charge is 0.573 e. The summed E-state index contributed by atoms with van der Waals surface area (Å²) in [6.45, 7) is 1.79. The topological polar surface area (TPSA) is 119 Å². The average molecular weight is 489 g/mol. The van der Waals surface area contributed by atoms with E-state index in [1.54, 1.807) is 31.2 Å². The Morgan fingerprint density at radius 3 is 2.51 bits per heavy atom. The number of ether oxygens (including phenoxy) is 1. The second-order valence-electron chi connectivity index (χ2n) is 8.11. The van der Waals surface area contributed by atoms with Gasteiger partial charge in [0.15, 0.2) is 0 Å². The van der Waals surface area contributed by atoms with E-state index in [2.05, 4.69) is 15.4 Å². The first kappa shape index (κ1) is 23.9. The van der Waals surface area contributed by atoms with Gasteiger partial charge in [-0.1, -0.05) is 24.3 Å². The molecule has 4 rings (SSSR count). The number of primary amides is 1. The van der Waals surface area contributed by atoms with Gasteiger partial charge in [-0.3, -0.25) is 9.36 Å². The van der Waals surface area contributed by atoms with E-state index in [1.807, 2.05) is 0 Å². The van der Waals surface area contributed by atoms with Crippen molar-refractivity contribution in [2.24, 2.45) is 5.73 Å². The number of benzene rings is 2. The number of nitrogens with two attached hydrogens (primary N) is 1. The number of rotatable bonds is 4. The first-order chi connectivity index (χ1) is 16.5. The summed E-state index contributed by atoms with van der Waals surface area (Å²) in [7, 11) is 0. The van der Waals surface area contributed by atoms with E-state index < -0.39 is 36.1 Å². The summed E-state index contributed by atoms with van der Waals surface area (Å²) < 4.78 is 42.6. The zero-order valence-electron chi connectivity index (χ0n) is 18.5. The Morgan fingerprint density at radius 1 is 1.06 bits per heavy atom. The molecule has 4 N–H and O–H groups in total. The van der Waals surface area contributed by atoms with Gasteiger partial charge < -0.3 is 26.0 Å². The number of alkyl halides is 3. The van der Waals surface area contributed by atoms with Crippen LogP contribution in [0.1, 0.15) is 19.8 Å². The molecule has 1 aromatic heterocycles. The van der Waals surface area contributed by atoms with Gasteiger partial charge in [0.2, 0.25) is 5.91 Å². The Balaban J connectivity index is 1.52. The quantitative estimate of drug-likeness (QED) is 0.500. The molecule has 0 aliphatic carbocycles. The monoisotopic (exact) mass is 489 g/mol. The molecular weight excluding hydrogens is 467 g/mol.